The van der Waals surface area contributed by atoms with E-state index in [0.717, 1.165) is 11.3 Å². The lowest BCUT2D eigenvalue weighted by molar-refractivity contribution is -0.343. The van der Waals surface area contributed by atoms with Crippen molar-refractivity contribution in [3.63, 3.8) is 0 Å². The van der Waals surface area contributed by atoms with Crippen molar-refractivity contribution < 1.29 is 24.4 Å². The molecule has 1 aromatic rings. The molecule has 1 aromatic carbocycles. The summed E-state index contributed by atoms with van der Waals surface area (Å²) in [4.78, 5) is 14.4. The molecule has 0 radical (unpaired) electrons. The highest BCUT2D eigenvalue weighted by molar-refractivity contribution is 6.18. The predicted molar refractivity (Wildman–Crippen MR) is 65.9 cm³/mol. The van der Waals surface area contributed by atoms with Gasteiger partial charge in [0.25, 0.3) is 0 Å². The van der Waals surface area contributed by atoms with Crippen molar-refractivity contribution in [1.29, 1.82) is 0 Å². The van der Waals surface area contributed by atoms with Crippen LogP contribution in [0.1, 0.15) is 12.5 Å². The summed E-state index contributed by atoms with van der Waals surface area (Å²) in [5, 5.41) is 9.82. The quantitative estimate of drug-likeness (QED) is 0.459. The Balaban J connectivity index is 2.40. The fourth-order valence-electron chi connectivity index (χ4n) is 1.74. The Morgan fingerprint density at radius 3 is 2.89 bits per heavy atom. The number of rotatable bonds is 3. The number of esters is 1. The third kappa shape index (κ3) is 2.07. The molecule has 0 saturated carbocycles. The van der Waals surface area contributed by atoms with Gasteiger partial charge in [0.15, 0.2) is 6.21 Å². The van der Waals surface area contributed by atoms with Gasteiger partial charge in [0.05, 0.1) is 25.3 Å². The lowest BCUT2D eigenvalue weighted by Gasteiger charge is -2.03. The Morgan fingerprint density at radius 2 is 2.22 bits per heavy atom. The van der Waals surface area contributed by atoms with Crippen LogP contribution < -0.4 is 9.73 Å². The number of fused-ring (bicyclic) bond motifs is 1. The van der Waals surface area contributed by atoms with Crippen LogP contribution in [-0.2, 0) is 9.53 Å². The topological polar surface area (TPSA) is 69.7 Å². The summed E-state index contributed by atoms with van der Waals surface area (Å²) < 4.78 is 9.85. The van der Waals surface area contributed by atoms with Crippen LogP contribution in [-0.4, -0.2) is 31.0 Å². The molecular weight excluding hydrogens is 234 g/mol. The highest BCUT2D eigenvalue weighted by Crippen LogP contribution is 2.27. The van der Waals surface area contributed by atoms with Gasteiger partial charge < -0.3 is 14.6 Å². The van der Waals surface area contributed by atoms with Crippen LogP contribution in [0.15, 0.2) is 24.0 Å². The maximum absolute atomic E-state index is 11.5. The number of allylic oxidation sites excluding steroid dienone is 1. The maximum atomic E-state index is 11.5. The molecule has 18 heavy (non-hydrogen) atoms. The minimum atomic E-state index is -0.728. The summed E-state index contributed by atoms with van der Waals surface area (Å²) in [7, 11) is 1.58. The Kier molecular flexibility index (Phi) is 3.32. The fraction of sp³-hybridized carbons (Fsp3) is 0.231. The van der Waals surface area contributed by atoms with Gasteiger partial charge in [-0.15, -0.1) is 0 Å². The molecule has 0 atom stereocenters. The van der Waals surface area contributed by atoms with Crippen molar-refractivity contribution in [3.8, 4) is 5.75 Å². The number of ether oxygens (including phenoxy) is 2. The van der Waals surface area contributed by atoms with Crippen LogP contribution in [0.4, 0.5) is 5.69 Å². The molecule has 0 amide bonds. The van der Waals surface area contributed by atoms with E-state index in [9.17, 15) is 9.90 Å². The van der Waals surface area contributed by atoms with E-state index in [1.54, 1.807) is 38.4 Å². The summed E-state index contributed by atoms with van der Waals surface area (Å²) in [5.41, 5.74) is 1.94. The first-order chi connectivity index (χ1) is 8.67. The van der Waals surface area contributed by atoms with E-state index in [1.807, 2.05) is 0 Å². The second-order valence-electron chi connectivity index (χ2n) is 3.68. The molecule has 2 N–H and O–H groups in total. The second-order valence-corrected chi connectivity index (χ2v) is 3.68. The van der Waals surface area contributed by atoms with Gasteiger partial charge in [0.2, 0.25) is 11.4 Å². The predicted octanol–water partition coefficient (Wildman–Crippen LogP) is 0.324. The van der Waals surface area contributed by atoms with Crippen molar-refractivity contribution in [2.24, 2.45) is 0 Å². The van der Waals surface area contributed by atoms with E-state index < -0.39 is 11.7 Å². The zero-order valence-electron chi connectivity index (χ0n) is 10.2. The molecule has 94 valence electrons. The average Bonchev–Trinajstić information content (AvgIpc) is 2.80. The average molecular weight is 248 g/mol. The standard InChI is InChI=1S/C13H13NO4/c1-3-18-13(16)12(15)10-7-14-11-6-8(17-2)4-5-9(10)11/h4-7,15H,3H2,1-2H3/p+1. The third-order valence-corrected chi connectivity index (χ3v) is 2.61. The first-order valence-corrected chi connectivity index (χ1v) is 5.56. The number of hydrogen-bond donors (Lipinski definition) is 2. The maximum Gasteiger partial charge on any atom is 0.374 e. The van der Waals surface area contributed by atoms with E-state index in [2.05, 4.69) is 4.99 Å². The minimum Gasteiger partial charge on any atom is -0.501 e. The molecule has 1 aliphatic rings. The molecule has 2 rings (SSSR count). The van der Waals surface area contributed by atoms with E-state index in [0.29, 0.717) is 11.3 Å². The van der Waals surface area contributed by atoms with Crippen LogP contribution in [0.3, 0.4) is 0 Å². The minimum absolute atomic E-state index is 0.221. The van der Waals surface area contributed by atoms with Crippen LogP contribution >= 0.6 is 0 Å². The van der Waals surface area contributed by atoms with Crippen molar-refractivity contribution in [1.82, 2.24) is 0 Å². The van der Waals surface area contributed by atoms with Gasteiger partial charge in [-0.2, -0.15) is 0 Å². The number of carbonyl (C=O) groups is 1. The lowest BCUT2D eigenvalue weighted by Crippen LogP contribution is -2.58. The molecule has 0 bridgehead atoms. The highest BCUT2D eigenvalue weighted by atomic mass is 16.5. The number of methoxy groups -OCH3 is 1. The number of benzene rings is 1. The number of aliphatic hydroxyl groups excluding tert-OH is 1. The molecule has 1 aliphatic heterocycles. The third-order valence-electron chi connectivity index (χ3n) is 2.61. The normalized spacial score (nSPS) is 15.2. The van der Waals surface area contributed by atoms with Gasteiger partial charge in [-0.1, -0.05) is 0 Å². The molecular formula is C13H14NO4+. The smallest absolute Gasteiger partial charge is 0.374 e. The monoisotopic (exact) mass is 248 g/mol. The summed E-state index contributed by atoms with van der Waals surface area (Å²) in [6.45, 7) is 1.91. The highest BCUT2D eigenvalue weighted by Gasteiger charge is 2.26. The molecule has 5 nitrogen and oxygen atoms in total. The van der Waals surface area contributed by atoms with E-state index in [1.165, 1.54) is 0 Å². The summed E-state index contributed by atoms with van der Waals surface area (Å²) in [5.74, 6) is -0.422. The molecule has 0 spiro atoms. The van der Waals surface area contributed by atoms with Gasteiger partial charge in [-0.05, 0) is 19.1 Å². The molecule has 0 aliphatic carbocycles. The SMILES string of the molecule is CCOC(=O)C(O)=C1C=[NH+]c2cc(OC)ccc21. The van der Waals surface area contributed by atoms with E-state index >= 15 is 0 Å². The Labute approximate surface area is 104 Å². The zero-order chi connectivity index (χ0) is 13.1. The molecule has 0 unspecified atom stereocenters. The summed E-state index contributed by atoms with van der Waals surface area (Å²) >= 11 is 0. The van der Waals surface area contributed by atoms with Crippen LogP contribution in [0.25, 0.3) is 5.57 Å². The number of nitrogens with one attached hydrogen (secondary N) is 1. The van der Waals surface area contributed by atoms with Crippen molar-refractivity contribution in [3.05, 3.63) is 29.5 Å². The second kappa shape index (κ2) is 4.91. The summed E-state index contributed by atoms with van der Waals surface area (Å²) in [6, 6.07) is 5.32. The van der Waals surface area contributed by atoms with Gasteiger partial charge in [0.1, 0.15) is 11.3 Å². The number of carbonyl (C=O) groups excluding carboxylic acids is 1. The van der Waals surface area contributed by atoms with Crippen LogP contribution in [0.5, 0.6) is 5.75 Å². The molecule has 5 heteroatoms. The van der Waals surface area contributed by atoms with Gasteiger partial charge in [-0.3, -0.25) is 0 Å². The van der Waals surface area contributed by atoms with Crippen molar-refractivity contribution in [2.45, 2.75) is 6.92 Å². The van der Waals surface area contributed by atoms with E-state index in [4.69, 9.17) is 9.47 Å². The molecule has 0 fully saturated rings. The Bertz CT molecular complexity index is 546. The van der Waals surface area contributed by atoms with Crippen molar-refractivity contribution >= 4 is 23.4 Å². The largest absolute Gasteiger partial charge is 0.501 e. The van der Waals surface area contributed by atoms with Gasteiger partial charge in [-0.25, -0.2) is 9.79 Å². The number of aliphatic hydroxyl groups is 1. The molecule has 0 aromatic heterocycles. The first kappa shape index (κ1) is 12.2. The van der Waals surface area contributed by atoms with Crippen LogP contribution in [0, 0.1) is 0 Å². The summed E-state index contributed by atoms with van der Waals surface area (Å²) in [6.07, 6.45) is 1.57. The van der Waals surface area contributed by atoms with Gasteiger partial charge in [0, 0.05) is 0 Å². The first-order valence-electron chi connectivity index (χ1n) is 5.56. The Hall–Kier alpha value is -2.30. The number of hydrogen-bond acceptors (Lipinski definition) is 4. The van der Waals surface area contributed by atoms with E-state index in [-0.39, 0.29) is 6.61 Å². The Morgan fingerprint density at radius 1 is 1.44 bits per heavy atom. The molecule has 0 saturated heterocycles. The zero-order valence-corrected chi connectivity index (χ0v) is 10.2. The lowest BCUT2D eigenvalue weighted by atomic mass is 10.1. The van der Waals surface area contributed by atoms with Crippen molar-refractivity contribution in [2.75, 3.05) is 13.7 Å². The molecule has 1 heterocycles. The van der Waals surface area contributed by atoms with Gasteiger partial charge >= 0.3 is 5.97 Å². The van der Waals surface area contributed by atoms with Crippen LogP contribution in [0.2, 0.25) is 0 Å². The fourth-order valence-corrected chi connectivity index (χ4v) is 1.74.